The van der Waals surface area contributed by atoms with E-state index in [4.69, 9.17) is 16.4 Å². The molecule has 0 bridgehead atoms. The molecule has 2 aromatic rings. The summed E-state index contributed by atoms with van der Waals surface area (Å²) in [7, 11) is 0. The second-order valence-electron chi connectivity index (χ2n) is 5.93. The molecule has 134 valence electrons. The Hall–Kier alpha value is -2.86. The molecule has 0 fully saturated rings. The Morgan fingerprint density at radius 2 is 1.88 bits per heavy atom. The average Bonchev–Trinajstić information content (AvgIpc) is 3.13. The number of nitrogens with zero attached hydrogens (tertiary/aromatic N) is 1. The van der Waals surface area contributed by atoms with Crippen LogP contribution in [0.15, 0.2) is 59.8 Å². The number of rotatable bonds is 6. The number of amides is 1. The normalized spacial score (nSPS) is 17.1. The summed E-state index contributed by atoms with van der Waals surface area (Å²) in [4.78, 5) is 29.1. The van der Waals surface area contributed by atoms with Gasteiger partial charge in [0.05, 0.1) is 5.71 Å². The first-order valence-electron chi connectivity index (χ1n) is 8.08. The van der Waals surface area contributed by atoms with Gasteiger partial charge in [-0.2, -0.15) is 0 Å². The van der Waals surface area contributed by atoms with Gasteiger partial charge >= 0.3 is 5.97 Å². The van der Waals surface area contributed by atoms with Gasteiger partial charge in [-0.3, -0.25) is 4.79 Å². The van der Waals surface area contributed by atoms with Crippen molar-refractivity contribution in [2.45, 2.75) is 25.0 Å². The van der Waals surface area contributed by atoms with E-state index in [0.29, 0.717) is 10.7 Å². The third-order valence-corrected chi connectivity index (χ3v) is 4.29. The Labute approximate surface area is 155 Å². The molecule has 1 aliphatic heterocycles. The zero-order chi connectivity index (χ0) is 18.5. The molecule has 7 heteroatoms. The number of hydrogen-bond donors (Lipinski definition) is 2. The zero-order valence-corrected chi connectivity index (χ0v) is 14.5. The number of aliphatic carboxylic acids is 1. The summed E-state index contributed by atoms with van der Waals surface area (Å²) in [6.45, 7) is 0. The highest BCUT2D eigenvalue weighted by atomic mass is 35.5. The average molecular weight is 373 g/mol. The van der Waals surface area contributed by atoms with E-state index >= 15 is 0 Å². The fourth-order valence-corrected chi connectivity index (χ4v) is 2.77. The largest absolute Gasteiger partial charge is 0.480 e. The van der Waals surface area contributed by atoms with E-state index < -0.39 is 24.0 Å². The summed E-state index contributed by atoms with van der Waals surface area (Å²) >= 11 is 5.86. The van der Waals surface area contributed by atoms with E-state index in [0.717, 1.165) is 11.1 Å². The van der Waals surface area contributed by atoms with E-state index in [9.17, 15) is 14.7 Å². The highest BCUT2D eigenvalue weighted by Gasteiger charge is 2.31. The minimum Gasteiger partial charge on any atom is -0.480 e. The highest BCUT2D eigenvalue weighted by Crippen LogP contribution is 2.19. The molecule has 2 aromatic carbocycles. The van der Waals surface area contributed by atoms with E-state index in [-0.39, 0.29) is 12.8 Å². The molecule has 2 atom stereocenters. The van der Waals surface area contributed by atoms with Crippen molar-refractivity contribution in [3.8, 4) is 0 Å². The van der Waals surface area contributed by atoms with Gasteiger partial charge in [-0.15, -0.1) is 0 Å². The first-order valence-corrected chi connectivity index (χ1v) is 8.46. The third-order valence-electron chi connectivity index (χ3n) is 4.04. The molecule has 0 saturated carbocycles. The molecule has 0 saturated heterocycles. The summed E-state index contributed by atoms with van der Waals surface area (Å²) in [5.74, 6) is -1.60. The summed E-state index contributed by atoms with van der Waals surface area (Å²) in [5.41, 5.74) is 2.26. The number of carbonyl (C=O) groups excluding carboxylic acids is 1. The Bertz CT molecular complexity index is 821. The van der Waals surface area contributed by atoms with Crippen molar-refractivity contribution >= 4 is 29.2 Å². The van der Waals surface area contributed by atoms with Gasteiger partial charge in [-0.25, -0.2) is 4.79 Å². The van der Waals surface area contributed by atoms with Crippen LogP contribution < -0.4 is 5.32 Å². The molecule has 0 unspecified atom stereocenters. The molecule has 1 amide bonds. The van der Waals surface area contributed by atoms with Crippen LogP contribution in [0.4, 0.5) is 0 Å². The van der Waals surface area contributed by atoms with Gasteiger partial charge < -0.3 is 15.3 Å². The molecular weight excluding hydrogens is 356 g/mol. The summed E-state index contributed by atoms with van der Waals surface area (Å²) in [5, 5.41) is 16.5. The van der Waals surface area contributed by atoms with Crippen molar-refractivity contribution in [2.24, 2.45) is 5.16 Å². The van der Waals surface area contributed by atoms with E-state index in [1.807, 2.05) is 30.3 Å². The van der Waals surface area contributed by atoms with Gasteiger partial charge in [0.25, 0.3) is 5.91 Å². The number of benzene rings is 2. The van der Waals surface area contributed by atoms with Crippen LogP contribution in [-0.2, 0) is 20.8 Å². The van der Waals surface area contributed by atoms with Crippen LogP contribution in [0.3, 0.4) is 0 Å². The fourth-order valence-electron chi connectivity index (χ4n) is 2.65. The first kappa shape index (κ1) is 17.9. The van der Waals surface area contributed by atoms with Gasteiger partial charge in [-0.05, 0) is 23.3 Å². The molecule has 0 aromatic heterocycles. The van der Waals surface area contributed by atoms with Gasteiger partial charge in [0.15, 0.2) is 0 Å². The topological polar surface area (TPSA) is 88.0 Å². The number of oxime groups is 1. The van der Waals surface area contributed by atoms with E-state index in [1.54, 1.807) is 24.3 Å². The van der Waals surface area contributed by atoms with Crippen LogP contribution in [0.5, 0.6) is 0 Å². The van der Waals surface area contributed by atoms with Gasteiger partial charge in [0, 0.05) is 17.9 Å². The number of carboxylic acid groups (broad SMARTS) is 1. The lowest BCUT2D eigenvalue weighted by molar-refractivity contribution is -0.143. The van der Waals surface area contributed by atoms with Crippen LogP contribution in [0.1, 0.15) is 17.5 Å². The maximum atomic E-state index is 12.4. The molecule has 0 aliphatic carbocycles. The third kappa shape index (κ3) is 4.40. The van der Waals surface area contributed by atoms with Crippen molar-refractivity contribution < 1.29 is 19.5 Å². The summed E-state index contributed by atoms with van der Waals surface area (Å²) < 4.78 is 0. The van der Waals surface area contributed by atoms with Crippen LogP contribution in [0.2, 0.25) is 5.02 Å². The summed E-state index contributed by atoms with van der Waals surface area (Å²) in [6.07, 6.45) is -0.386. The molecular formula is C19H17ClN2O4. The monoisotopic (exact) mass is 372 g/mol. The fraction of sp³-hybridized carbons (Fsp3) is 0.211. The van der Waals surface area contributed by atoms with Crippen molar-refractivity contribution in [2.75, 3.05) is 0 Å². The zero-order valence-electron chi connectivity index (χ0n) is 13.8. The molecule has 1 aliphatic rings. The minimum atomic E-state index is -1.10. The maximum absolute atomic E-state index is 12.4. The lowest BCUT2D eigenvalue weighted by Crippen LogP contribution is -2.46. The number of carboxylic acids is 1. The molecule has 2 N–H and O–H groups in total. The number of nitrogens with one attached hydrogen (secondary N) is 1. The smallest absolute Gasteiger partial charge is 0.326 e. The quantitative estimate of drug-likeness (QED) is 0.816. The molecule has 0 radical (unpaired) electrons. The number of carbonyl (C=O) groups is 2. The van der Waals surface area contributed by atoms with E-state index in [1.165, 1.54) is 0 Å². The van der Waals surface area contributed by atoms with Crippen molar-refractivity contribution in [3.63, 3.8) is 0 Å². The van der Waals surface area contributed by atoms with Crippen LogP contribution >= 0.6 is 11.6 Å². The SMILES string of the molecule is O=C(N[C@H](Cc1ccccc1)C(=O)O)[C@@H]1CC(c2ccc(Cl)cc2)=NO1. The number of hydrogen-bond acceptors (Lipinski definition) is 4. The van der Waals surface area contributed by atoms with Crippen LogP contribution in [0, 0.1) is 0 Å². The Balaban J connectivity index is 1.60. The molecule has 1 heterocycles. The second kappa shape index (κ2) is 8.01. The Kier molecular flexibility index (Phi) is 5.53. The first-order chi connectivity index (χ1) is 12.5. The minimum absolute atomic E-state index is 0.194. The van der Waals surface area contributed by atoms with Crippen molar-refractivity contribution in [1.82, 2.24) is 5.32 Å². The van der Waals surface area contributed by atoms with E-state index in [2.05, 4.69) is 10.5 Å². The van der Waals surface area contributed by atoms with Crippen LogP contribution in [-0.4, -0.2) is 34.8 Å². The molecule has 0 spiro atoms. The Morgan fingerprint density at radius 1 is 1.19 bits per heavy atom. The molecule has 3 rings (SSSR count). The Morgan fingerprint density at radius 3 is 2.54 bits per heavy atom. The lowest BCUT2D eigenvalue weighted by Gasteiger charge is -2.16. The second-order valence-corrected chi connectivity index (χ2v) is 6.37. The summed E-state index contributed by atoms with van der Waals surface area (Å²) in [6, 6.07) is 15.1. The predicted molar refractivity (Wildman–Crippen MR) is 97.2 cm³/mol. The van der Waals surface area contributed by atoms with Gasteiger partial charge in [0.1, 0.15) is 6.04 Å². The van der Waals surface area contributed by atoms with Gasteiger partial charge in [-0.1, -0.05) is 59.2 Å². The number of halogens is 1. The van der Waals surface area contributed by atoms with Crippen LogP contribution in [0.25, 0.3) is 0 Å². The van der Waals surface area contributed by atoms with Crippen molar-refractivity contribution in [3.05, 3.63) is 70.7 Å². The maximum Gasteiger partial charge on any atom is 0.326 e. The van der Waals surface area contributed by atoms with Crippen molar-refractivity contribution in [1.29, 1.82) is 0 Å². The lowest BCUT2D eigenvalue weighted by atomic mass is 10.0. The predicted octanol–water partition coefficient (Wildman–Crippen LogP) is 2.65. The van der Waals surface area contributed by atoms with Gasteiger partial charge in [0.2, 0.25) is 6.10 Å². The standard InChI is InChI=1S/C19H17ClN2O4/c20-14-8-6-13(7-9-14)15-11-17(26-22-15)18(23)21-16(19(24)25)10-12-4-2-1-3-5-12/h1-9,16-17H,10-11H2,(H,21,23)(H,24,25)/t16-,17+/m1/s1. The molecule has 6 nitrogen and oxygen atoms in total. The highest BCUT2D eigenvalue weighted by molar-refractivity contribution is 6.30. The molecule has 26 heavy (non-hydrogen) atoms.